The van der Waals surface area contributed by atoms with E-state index in [1.54, 1.807) is 0 Å². The van der Waals surface area contributed by atoms with Gasteiger partial charge in [0.2, 0.25) is 11.8 Å². The molecule has 2 amide bonds. The van der Waals surface area contributed by atoms with E-state index in [9.17, 15) is 19.2 Å². The van der Waals surface area contributed by atoms with Gasteiger partial charge in [-0.05, 0) is 12.8 Å². The number of hydrogen-bond donors (Lipinski definition) is 2. The maximum absolute atomic E-state index is 11.8. The highest BCUT2D eigenvalue weighted by molar-refractivity contribution is 8.76. The summed E-state index contributed by atoms with van der Waals surface area (Å²) in [5, 5.41) is 5.26. The number of methoxy groups -OCH3 is 2. The molecule has 0 saturated heterocycles. The molecule has 2 N–H and O–H groups in total. The Kier molecular flexibility index (Phi) is 13.9. The zero-order chi connectivity index (χ0) is 19.9. The molecule has 0 aromatic carbocycles. The number of amides is 2. The summed E-state index contributed by atoms with van der Waals surface area (Å²) in [6.45, 7) is 3.74. The van der Waals surface area contributed by atoms with Crippen LogP contribution >= 0.6 is 21.6 Å². The second-order valence-corrected chi connectivity index (χ2v) is 7.91. The van der Waals surface area contributed by atoms with E-state index in [2.05, 4.69) is 10.6 Å². The summed E-state index contributed by atoms with van der Waals surface area (Å²) in [6, 6.07) is -1.52. The van der Waals surface area contributed by atoms with Crippen LogP contribution < -0.4 is 10.6 Å². The van der Waals surface area contributed by atoms with Crippen molar-refractivity contribution in [3.05, 3.63) is 0 Å². The lowest BCUT2D eigenvalue weighted by Crippen LogP contribution is -2.44. The molecule has 0 aromatic heterocycles. The Balaban J connectivity index is 4.51. The molecule has 0 saturated carbocycles. The minimum absolute atomic E-state index is 0.215. The van der Waals surface area contributed by atoms with Gasteiger partial charge in [-0.1, -0.05) is 35.4 Å². The SMILES string of the molecule is CCCC(=O)N[C@@H](CSSC[C@H](NC(=O)CCC)C(=O)OC)C(=O)OC. The molecule has 10 heteroatoms. The number of hydrogen-bond acceptors (Lipinski definition) is 8. The zero-order valence-electron chi connectivity index (χ0n) is 15.7. The molecule has 0 fully saturated rings. The van der Waals surface area contributed by atoms with Crippen molar-refractivity contribution >= 4 is 45.3 Å². The van der Waals surface area contributed by atoms with Crippen LogP contribution in [0.15, 0.2) is 0 Å². The number of nitrogens with one attached hydrogen (secondary N) is 2. The molecule has 2 atom stereocenters. The monoisotopic (exact) mass is 408 g/mol. The smallest absolute Gasteiger partial charge is 0.329 e. The first-order chi connectivity index (χ1) is 12.4. The molecule has 0 unspecified atom stereocenters. The standard InChI is InChI=1S/C16H28N2O6S2/c1-5-7-13(19)17-11(15(21)23-3)9-25-26-10-12(16(22)24-4)18-14(20)8-6-2/h11-12H,5-10H2,1-4H3,(H,17,19)(H,18,20)/t11-,12-/m0/s1. The summed E-state index contributed by atoms with van der Waals surface area (Å²) < 4.78 is 9.39. The van der Waals surface area contributed by atoms with Crippen molar-refractivity contribution in [2.45, 2.75) is 51.6 Å². The van der Waals surface area contributed by atoms with Crippen molar-refractivity contribution in [3.8, 4) is 0 Å². The number of carbonyl (C=O) groups is 4. The van der Waals surface area contributed by atoms with E-state index in [1.165, 1.54) is 35.8 Å². The molecular formula is C16H28N2O6S2. The summed E-state index contributed by atoms with van der Waals surface area (Å²) in [4.78, 5) is 46.9. The maximum Gasteiger partial charge on any atom is 0.329 e. The highest BCUT2D eigenvalue weighted by atomic mass is 33.1. The molecule has 8 nitrogen and oxygen atoms in total. The molecule has 26 heavy (non-hydrogen) atoms. The van der Waals surface area contributed by atoms with Crippen LogP contribution in [0.4, 0.5) is 0 Å². The largest absolute Gasteiger partial charge is 0.467 e. The third-order valence-electron chi connectivity index (χ3n) is 3.15. The van der Waals surface area contributed by atoms with Gasteiger partial charge in [0.05, 0.1) is 14.2 Å². The van der Waals surface area contributed by atoms with Gasteiger partial charge in [0.25, 0.3) is 0 Å². The van der Waals surface area contributed by atoms with Crippen molar-refractivity contribution in [2.24, 2.45) is 0 Å². The van der Waals surface area contributed by atoms with E-state index >= 15 is 0 Å². The highest BCUT2D eigenvalue weighted by Gasteiger charge is 2.24. The zero-order valence-corrected chi connectivity index (χ0v) is 17.3. The topological polar surface area (TPSA) is 111 Å². The predicted molar refractivity (Wildman–Crippen MR) is 103 cm³/mol. The first kappa shape index (κ1) is 24.6. The molecule has 0 aromatic rings. The number of carbonyl (C=O) groups excluding carboxylic acids is 4. The average molecular weight is 409 g/mol. The molecular weight excluding hydrogens is 380 g/mol. The number of esters is 2. The van der Waals surface area contributed by atoms with Crippen molar-refractivity contribution in [2.75, 3.05) is 25.7 Å². The summed E-state index contributed by atoms with van der Waals surface area (Å²) >= 11 is 0. The minimum Gasteiger partial charge on any atom is -0.467 e. The molecule has 0 radical (unpaired) electrons. The Morgan fingerprint density at radius 3 is 1.38 bits per heavy atom. The van der Waals surface area contributed by atoms with Crippen LogP contribution in [0.5, 0.6) is 0 Å². The molecule has 0 aliphatic rings. The molecule has 0 aliphatic heterocycles. The highest BCUT2D eigenvalue weighted by Crippen LogP contribution is 2.23. The fraction of sp³-hybridized carbons (Fsp3) is 0.750. The van der Waals surface area contributed by atoms with Crippen LogP contribution in [0.3, 0.4) is 0 Å². The number of ether oxygens (including phenoxy) is 2. The van der Waals surface area contributed by atoms with Gasteiger partial charge in [-0.2, -0.15) is 0 Å². The maximum atomic E-state index is 11.8. The van der Waals surface area contributed by atoms with Crippen molar-refractivity contribution in [1.29, 1.82) is 0 Å². The molecule has 0 rings (SSSR count). The lowest BCUT2D eigenvalue weighted by Gasteiger charge is -2.18. The van der Waals surface area contributed by atoms with Gasteiger partial charge in [-0.25, -0.2) is 9.59 Å². The second-order valence-electron chi connectivity index (χ2n) is 5.36. The Bertz CT molecular complexity index is 434. The van der Waals surface area contributed by atoms with Crippen molar-refractivity contribution in [3.63, 3.8) is 0 Å². The Labute approximate surface area is 162 Å². The van der Waals surface area contributed by atoms with E-state index in [-0.39, 0.29) is 23.3 Å². The Morgan fingerprint density at radius 2 is 1.12 bits per heavy atom. The fourth-order valence-electron chi connectivity index (χ4n) is 1.84. The Morgan fingerprint density at radius 1 is 0.769 bits per heavy atom. The number of rotatable bonds is 13. The molecule has 0 bridgehead atoms. The van der Waals surface area contributed by atoms with E-state index < -0.39 is 24.0 Å². The summed E-state index contributed by atoms with van der Waals surface area (Å²) in [6.07, 6.45) is 2.03. The lowest BCUT2D eigenvalue weighted by atomic mass is 10.3. The van der Waals surface area contributed by atoms with E-state index in [0.29, 0.717) is 25.7 Å². The van der Waals surface area contributed by atoms with Crippen LogP contribution in [0.2, 0.25) is 0 Å². The minimum atomic E-state index is -0.761. The first-order valence-corrected chi connectivity index (χ1v) is 10.9. The molecule has 150 valence electrons. The van der Waals surface area contributed by atoms with Gasteiger partial charge >= 0.3 is 11.9 Å². The van der Waals surface area contributed by atoms with Crippen LogP contribution in [-0.4, -0.2) is 61.6 Å². The quantitative estimate of drug-likeness (QED) is 0.266. The first-order valence-electron chi connectivity index (χ1n) is 8.38. The normalized spacial score (nSPS) is 12.6. The second kappa shape index (κ2) is 14.7. The van der Waals surface area contributed by atoms with Crippen LogP contribution in [0.25, 0.3) is 0 Å². The molecule has 0 aliphatic carbocycles. The van der Waals surface area contributed by atoms with E-state index in [4.69, 9.17) is 9.47 Å². The Hall–Kier alpha value is -1.42. The molecule has 0 spiro atoms. The van der Waals surface area contributed by atoms with Crippen LogP contribution in [0.1, 0.15) is 39.5 Å². The van der Waals surface area contributed by atoms with Gasteiger partial charge in [-0.3, -0.25) is 9.59 Å². The van der Waals surface area contributed by atoms with Gasteiger partial charge in [0, 0.05) is 24.3 Å². The molecule has 0 heterocycles. The predicted octanol–water partition coefficient (Wildman–Crippen LogP) is 1.28. The third kappa shape index (κ3) is 10.5. The van der Waals surface area contributed by atoms with Crippen LogP contribution in [-0.2, 0) is 28.7 Å². The van der Waals surface area contributed by atoms with Gasteiger partial charge in [0.15, 0.2) is 0 Å². The van der Waals surface area contributed by atoms with Crippen molar-refractivity contribution in [1.82, 2.24) is 10.6 Å². The third-order valence-corrected chi connectivity index (χ3v) is 5.57. The van der Waals surface area contributed by atoms with Gasteiger partial charge < -0.3 is 20.1 Å². The summed E-state index contributed by atoms with van der Waals surface area (Å²) in [7, 11) is 5.13. The van der Waals surface area contributed by atoms with Crippen molar-refractivity contribution < 1.29 is 28.7 Å². The van der Waals surface area contributed by atoms with E-state index in [0.717, 1.165) is 0 Å². The summed E-state index contributed by atoms with van der Waals surface area (Å²) in [5.74, 6) is -0.917. The van der Waals surface area contributed by atoms with Gasteiger partial charge in [0.1, 0.15) is 12.1 Å². The van der Waals surface area contributed by atoms with E-state index in [1.807, 2.05) is 13.8 Å². The average Bonchev–Trinajstić information content (AvgIpc) is 2.62. The van der Waals surface area contributed by atoms with Crippen LogP contribution in [0, 0.1) is 0 Å². The van der Waals surface area contributed by atoms with Gasteiger partial charge in [-0.15, -0.1) is 0 Å². The summed E-state index contributed by atoms with van der Waals surface area (Å²) in [5.41, 5.74) is 0. The fourth-order valence-corrected chi connectivity index (χ4v) is 4.14. The lowest BCUT2D eigenvalue weighted by molar-refractivity contribution is -0.144.